The van der Waals surface area contributed by atoms with E-state index in [-0.39, 0.29) is 5.38 Å². The van der Waals surface area contributed by atoms with Gasteiger partial charge in [0, 0.05) is 0 Å². The van der Waals surface area contributed by atoms with E-state index in [1.165, 1.54) is 0 Å². The predicted molar refractivity (Wildman–Crippen MR) is 191 cm³/mol. The number of halogens is 1. The van der Waals surface area contributed by atoms with E-state index in [0.29, 0.717) is 23.9 Å². The van der Waals surface area contributed by atoms with Gasteiger partial charge >= 0.3 is 7.82 Å². The molecule has 0 spiro atoms. The second-order valence-electron chi connectivity index (χ2n) is 10.5. The molecule has 0 fully saturated rings. The standard InChI is InChI=1S/C22H21ClO2.C18H15O4P/c1-24-21-13-12-18(14-20(23)19-10-6-3-7-11-19)15-22(21)25-16-17-8-4-2-5-9-17;19-23(20-16-10-4-1-5-11-16,21-17-12-6-2-7-13-17)22-18-14-8-3-9-15-18/h2-13,15,20H,14,16H2,1H3;1-15H. The Morgan fingerprint density at radius 2 is 0.979 bits per heavy atom. The molecule has 1 unspecified atom stereocenters. The first-order chi connectivity index (χ1) is 23.5. The monoisotopic (exact) mass is 678 g/mol. The molecule has 48 heavy (non-hydrogen) atoms. The fourth-order valence-electron chi connectivity index (χ4n) is 4.57. The summed E-state index contributed by atoms with van der Waals surface area (Å²) in [6.45, 7) is 0.504. The summed E-state index contributed by atoms with van der Waals surface area (Å²) in [5, 5.41) is -0.0726. The van der Waals surface area contributed by atoms with Crippen LogP contribution in [-0.4, -0.2) is 7.11 Å². The lowest BCUT2D eigenvalue weighted by Crippen LogP contribution is -2.07. The highest BCUT2D eigenvalue weighted by Crippen LogP contribution is 2.49. The zero-order valence-electron chi connectivity index (χ0n) is 26.4. The molecule has 244 valence electrons. The molecule has 0 bridgehead atoms. The topological polar surface area (TPSA) is 63.2 Å². The van der Waals surface area contributed by atoms with Crippen LogP contribution in [0.5, 0.6) is 28.7 Å². The Morgan fingerprint density at radius 3 is 1.44 bits per heavy atom. The second-order valence-corrected chi connectivity index (χ2v) is 12.5. The minimum Gasteiger partial charge on any atom is -0.493 e. The second kappa shape index (κ2) is 17.7. The van der Waals surface area contributed by atoms with Gasteiger partial charge in [0.05, 0.1) is 12.5 Å². The lowest BCUT2D eigenvalue weighted by Gasteiger charge is -2.19. The fraction of sp³-hybridized carbons (Fsp3) is 0.100. The lowest BCUT2D eigenvalue weighted by atomic mass is 10.0. The smallest absolute Gasteiger partial charge is 0.493 e. The van der Waals surface area contributed by atoms with Crippen LogP contribution in [0.3, 0.4) is 0 Å². The van der Waals surface area contributed by atoms with Crippen LogP contribution in [0.15, 0.2) is 170 Å². The molecule has 0 saturated carbocycles. The fourth-order valence-corrected chi connectivity index (χ4v) is 6.15. The highest BCUT2D eigenvalue weighted by Gasteiger charge is 2.33. The van der Waals surface area contributed by atoms with Crippen LogP contribution in [0, 0.1) is 0 Å². The summed E-state index contributed by atoms with van der Waals surface area (Å²) in [6, 6.07) is 52.5. The number of hydrogen-bond donors (Lipinski definition) is 0. The van der Waals surface area contributed by atoms with Gasteiger partial charge in [-0.2, -0.15) is 4.57 Å². The van der Waals surface area contributed by atoms with Crippen LogP contribution in [0.2, 0.25) is 0 Å². The first-order valence-electron chi connectivity index (χ1n) is 15.4. The molecule has 6 aromatic carbocycles. The maximum Gasteiger partial charge on any atom is 0.647 e. The van der Waals surface area contributed by atoms with Crippen LogP contribution in [-0.2, 0) is 17.6 Å². The Hall–Kier alpha value is -5.16. The molecular formula is C40H36ClO6P. The van der Waals surface area contributed by atoms with Gasteiger partial charge in [-0.15, -0.1) is 11.6 Å². The van der Waals surface area contributed by atoms with Gasteiger partial charge < -0.3 is 23.0 Å². The molecule has 0 radical (unpaired) electrons. The van der Waals surface area contributed by atoms with E-state index < -0.39 is 7.82 Å². The van der Waals surface area contributed by atoms with Crippen LogP contribution in [0.4, 0.5) is 0 Å². The first-order valence-corrected chi connectivity index (χ1v) is 17.3. The van der Waals surface area contributed by atoms with Crippen molar-refractivity contribution in [2.24, 2.45) is 0 Å². The third-order valence-corrected chi connectivity index (χ3v) is 8.63. The molecule has 0 amide bonds. The zero-order chi connectivity index (χ0) is 33.4. The Balaban J connectivity index is 0.000000188. The number of para-hydroxylation sites is 3. The summed E-state index contributed by atoms with van der Waals surface area (Å²) in [4.78, 5) is 0. The van der Waals surface area contributed by atoms with Gasteiger partial charge in [-0.1, -0.05) is 121 Å². The van der Waals surface area contributed by atoms with E-state index in [1.807, 2.05) is 97.1 Å². The molecule has 6 aromatic rings. The maximum atomic E-state index is 13.1. The average molecular weight is 679 g/mol. The number of phosphoric ester groups is 1. The predicted octanol–water partition coefficient (Wildman–Crippen LogP) is 11.1. The molecule has 0 heterocycles. The highest BCUT2D eigenvalue weighted by molar-refractivity contribution is 7.49. The van der Waals surface area contributed by atoms with Gasteiger partial charge in [0.1, 0.15) is 23.9 Å². The Bertz CT molecular complexity index is 1740. The Kier molecular flexibility index (Phi) is 12.6. The van der Waals surface area contributed by atoms with Gasteiger partial charge in [0.25, 0.3) is 0 Å². The minimum absolute atomic E-state index is 0.0726. The minimum atomic E-state index is -3.89. The number of ether oxygens (including phenoxy) is 2. The van der Waals surface area contributed by atoms with Crippen molar-refractivity contribution < 1.29 is 27.6 Å². The quantitative estimate of drug-likeness (QED) is 0.0895. The van der Waals surface area contributed by atoms with Crippen molar-refractivity contribution in [1.82, 2.24) is 0 Å². The number of methoxy groups -OCH3 is 1. The zero-order valence-corrected chi connectivity index (χ0v) is 28.1. The van der Waals surface area contributed by atoms with Crippen molar-refractivity contribution in [2.75, 3.05) is 7.11 Å². The average Bonchev–Trinajstić information content (AvgIpc) is 3.13. The largest absolute Gasteiger partial charge is 0.647 e. The molecule has 0 aromatic heterocycles. The molecule has 1 atom stereocenters. The van der Waals surface area contributed by atoms with E-state index >= 15 is 0 Å². The maximum absolute atomic E-state index is 13.1. The Labute approximate surface area is 287 Å². The molecular weight excluding hydrogens is 643 g/mol. The van der Waals surface area contributed by atoms with E-state index in [0.717, 1.165) is 34.6 Å². The summed E-state index contributed by atoms with van der Waals surface area (Å²) < 4.78 is 41.0. The van der Waals surface area contributed by atoms with Gasteiger partial charge in [-0.3, -0.25) is 0 Å². The summed E-state index contributed by atoms with van der Waals surface area (Å²) >= 11 is 6.57. The SMILES string of the molecule is COc1ccc(CC(Cl)c2ccccc2)cc1OCc1ccccc1.O=P(Oc1ccccc1)(Oc1ccccc1)Oc1ccccc1. The number of phosphoric acid groups is 1. The summed E-state index contributed by atoms with van der Waals surface area (Å²) in [6.07, 6.45) is 0.733. The van der Waals surface area contributed by atoms with E-state index in [1.54, 1.807) is 79.9 Å². The third kappa shape index (κ3) is 10.7. The van der Waals surface area contributed by atoms with Crippen molar-refractivity contribution in [3.05, 3.63) is 187 Å². The number of benzene rings is 6. The van der Waals surface area contributed by atoms with Gasteiger partial charge in [0.15, 0.2) is 11.5 Å². The molecule has 0 aliphatic heterocycles. The molecule has 6 rings (SSSR count). The van der Waals surface area contributed by atoms with Crippen molar-refractivity contribution in [3.63, 3.8) is 0 Å². The number of hydrogen-bond acceptors (Lipinski definition) is 6. The van der Waals surface area contributed by atoms with Crippen LogP contribution in [0.1, 0.15) is 22.1 Å². The normalized spacial score (nSPS) is 11.3. The lowest BCUT2D eigenvalue weighted by molar-refractivity contribution is 0.284. The molecule has 8 heteroatoms. The first kappa shape index (κ1) is 34.2. The van der Waals surface area contributed by atoms with Gasteiger partial charge in [-0.25, -0.2) is 0 Å². The van der Waals surface area contributed by atoms with Crippen molar-refractivity contribution in [2.45, 2.75) is 18.4 Å². The van der Waals surface area contributed by atoms with Crippen LogP contribution < -0.4 is 23.0 Å². The van der Waals surface area contributed by atoms with Crippen molar-refractivity contribution in [1.29, 1.82) is 0 Å². The van der Waals surface area contributed by atoms with Crippen molar-refractivity contribution >= 4 is 19.4 Å². The van der Waals surface area contributed by atoms with E-state index in [4.69, 9.17) is 34.6 Å². The molecule has 0 saturated heterocycles. The summed E-state index contributed by atoms with van der Waals surface area (Å²) in [7, 11) is -2.23. The molecule has 0 N–H and O–H groups in total. The molecule has 6 nitrogen and oxygen atoms in total. The van der Waals surface area contributed by atoms with Crippen molar-refractivity contribution in [3.8, 4) is 28.7 Å². The van der Waals surface area contributed by atoms with Crippen LogP contribution in [0.25, 0.3) is 0 Å². The number of rotatable bonds is 13. The number of alkyl halides is 1. The highest BCUT2D eigenvalue weighted by atomic mass is 35.5. The summed E-state index contributed by atoms with van der Waals surface area (Å²) in [5.74, 6) is 2.68. The van der Waals surface area contributed by atoms with Gasteiger partial charge in [-0.05, 0) is 71.6 Å². The van der Waals surface area contributed by atoms with E-state index in [2.05, 4.69) is 0 Å². The third-order valence-electron chi connectivity index (χ3n) is 6.92. The molecule has 0 aliphatic carbocycles. The van der Waals surface area contributed by atoms with Crippen LogP contribution >= 0.6 is 19.4 Å². The van der Waals surface area contributed by atoms with Gasteiger partial charge in [0.2, 0.25) is 0 Å². The van der Waals surface area contributed by atoms with E-state index in [9.17, 15) is 4.57 Å². The molecule has 0 aliphatic rings. The summed E-state index contributed by atoms with van der Waals surface area (Å²) in [5.41, 5.74) is 3.36. The Morgan fingerprint density at radius 1 is 0.542 bits per heavy atom.